The zero-order valence-corrected chi connectivity index (χ0v) is 21.1. The van der Waals surface area contributed by atoms with Crippen LogP contribution >= 0.6 is 0 Å². The van der Waals surface area contributed by atoms with Gasteiger partial charge in [-0.3, -0.25) is 9.89 Å². The number of nitrogens with zero attached hydrogens (tertiary/aromatic N) is 2. The van der Waals surface area contributed by atoms with Crippen LogP contribution in [0.5, 0.6) is 0 Å². The lowest BCUT2D eigenvalue weighted by Gasteiger charge is -2.37. The van der Waals surface area contributed by atoms with Crippen molar-refractivity contribution in [2.75, 3.05) is 0 Å². The highest BCUT2D eigenvalue weighted by Crippen LogP contribution is 2.37. The molecule has 1 unspecified atom stereocenters. The van der Waals surface area contributed by atoms with Crippen LogP contribution in [0.2, 0.25) is 0 Å². The normalized spacial score (nSPS) is 23.5. The number of carbonyl (C=O) groups is 2. The molecule has 5 atom stereocenters. The second-order valence-electron chi connectivity index (χ2n) is 9.88. The number of aromatic amines is 1. The number of aliphatic hydroxyl groups excluding tert-OH is 3. The molecule has 1 aliphatic heterocycles. The summed E-state index contributed by atoms with van der Waals surface area (Å²) in [6, 6.07) is 10.0. The molecule has 12 heteroatoms. The quantitative estimate of drug-likeness (QED) is 0.220. The van der Waals surface area contributed by atoms with Crippen molar-refractivity contribution in [3.63, 3.8) is 0 Å². The van der Waals surface area contributed by atoms with E-state index < -0.39 is 42.6 Å². The fourth-order valence-corrected chi connectivity index (χ4v) is 5.11. The molecule has 5 N–H and O–H groups in total. The minimum atomic E-state index is -1.89. The lowest BCUT2D eigenvalue weighted by atomic mass is 9.98. The van der Waals surface area contributed by atoms with Gasteiger partial charge in [-0.2, -0.15) is 5.10 Å². The minimum Gasteiger partial charge on any atom is -0.479 e. The first kappa shape index (κ1) is 26.8. The number of aliphatic carboxylic acids is 1. The van der Waals surface area contributed by atoms with Crippen LogP contribution in [0.25, 0.3) is 27.5 Å². The number of aromatic nitrogens is 3. The number of carboxylic acid groups (broad SMARTS) is 1. The Morgan fingerprint density at radius 1 is 1.13 bits per heavy atom. The van der Waals surface area contributed by atoms with E-state index in [4.69, 9.17) is 9.47 Å². The molecule has 2 aromatic carbocycles. The van der Waals surface area contributed by atoms with E-state index in [0.29, 0.717) is 0 Å². The zero-order chi connectivity index (χ0) is 28.0. The van der Waals surface area contributed by atoms with Crippen molar-refractivity contribution in [2.45, 2.75) is 63.3 Å². The van der Waals surface area contributed by atoms with E-state index in [1.54, 1.807) is 18.3 Å². The molecule has 0 aliphatic carbocycles. The molecule has 0 amide bonds. The molecule has 2 aromatic heterocycles. The monoisotopic (exact) mass is 541 g/mol. The van der Waals surface area contributed by atoms with Gasteiger partial charge in [0.05, 0.1) is 17.2 Å². The molecule has 11 nitrogen and oxygen atoms in total. The number of aliphatic hydroxyl groups is 3. The molecular weight excluding hydrogens is 513 g/mol. The highest BCUT2D eigenvalue weighted by molar-refractivity contribution is 5.98. The smallest absolute Gasteiger partial charge is 0.335 e. The predicted molar refractivity (Wildman–Crippen MR) is 136 cm³/mol. The third-order valence-electron chi connectivity index (χ3n) is 6.94. The number of hydrogen-bond acceptors (Lipinski definition) is 8. The predicted octanol–water partition coefficient (Wildman–Crippen LogP) is 2.14. The highest BCUT2D eigenvalue weighted by Gasteiger charge is 2.48. The van der Waals surface area contributed by atoms with Gasteiger partial charge in [-0.05, 0) is 54.3 Å². The molecule has 0 spiro atoms. The number of nitrogens with one attached hydrogen (secondary N) is 1. The topological polar surface area (TPSA) is 167 Å². The van der Waals surface area contributed by atoms with Crippen molar-refractivity contribution in [3.05, 3.63) is 59.7 Å². The van der Waals surface area contributed by atoms with Crippen LogP contribution in [-0.4, -0.2) is 77.8 Å². The molecule has 3 heterocycles. The molecule has 5 rings (SSSR count). The van der Waals surface area contributed by atoms with Crippen LogP contribution < -0.4 is 0 Å². The van der Waals surface area contributed by atoms with Crippen LogP contribution in [0, 0.1) is 5.82 Å². The van der Waals surface area contributed by atoms with Gasteiger partial charge >= 0.3 is 11.9 Å². The van der Waals surface area contributed by atoms with Gasteiger partial charge in [-0.25, -0.2) is 9.18 Å². The van der Waals surface area contributed by atoms with E-state index in [1.165, 1.54) is 12.1 Å². The maximum atomic E-state index is 13.7. The molecular formula is C27H28FN3O8. The first-order valence-electron chi connectivity index (χ1n) is 12.4. The van der Waals surface area contributed by atoms with Gasteiger partial charge in [0.2, 0.25) is 6.29 Å². The van der Waals surface area contributed by atoms with Gasteiger partial charge in [0.1, 0.15) is 24.1 Å². The molecule has 0 radical (unpaired) electrons. The Labute approximate surface area is 221 Å². The SMILES string of the molecule is CC(C)c1c(CCC(=O)OC2O[C@H](C(=O)O)[C@@H](O)[C@H](O)[C@H]2O)c2cc3[nH]ncc3cc2n1-c1ccc(F)cc1. The number of fused-ring (bicyclic) bond motifs is 2. The van der Waals surface area contributed by atoms with Crippen molar-refractivity contribution < 1.29 is 43.9 Å². The number of H-pyrrole nitrogens is 1. The summed E-state index contributed by atoms with van der Waals surface area (Å²) in [5, 5.41) is 48.0. The highest BCUT2D eigenvalue weighted by atomic mass is 19.1. The van der Waals surface area contributed by atoms with E-state index >= 15 is 0 Å². The number of ether oxygens (including phenoxy) is 2. The number of hydrogen-bond donors (Lipinski definition) is 5. The van der Waals surface area contributed by atoms with Gasteiger partial charge in [-0.15, -0.1) is 0 Å². The number of carboxylic acids is 1. The third kappa shape index (κ3) is 4.87. The largest absolute Gasteiger partial charge is 0.479 e. The maximum absolute atomic E-state index is 13.7. The first-order valence-corrected chi connectivity index (χ1v) is 12.4. The van der Waals surface area contributed by atoms with Gasteiger partial charge in [0.25, 0.3) is 0 Å². The van der Waals surface area contributed by atoms with Crippen LogP contribution in [-0.2, 0) is 25.5 Å². The Kier molecular flexibility index (Phi) is 7.12. The Bertz CT molecular complexity index is 1530. The summed E-state index contributed by atoms with van der Waals surface area (Å²) >= 11 is 0. The summed E-state index contributed by atoms with van der Waals surface area (Å²) in [6.45, 7) is 4.02. The average Bonchev–Trinajstić information content (AvgIpc) is 3.48. The van der Waals surface area contributed by atoms with E-state index in [1.807, 2.05) is 30.5 Å². The number of carbonyl (C=O) groups excluding carboxylic acids is 1. The summed E-state index contributed by atoms with van der Waals surface area (Å²) < 4.78 is 26.0. The van der Waals surface area contributed by atoms with E-state index in [-0.39, 0.29) is 24.6 Å². The zero-order valence-electron chi connectivity index (χ0n) is 21.1. The fourth-order valence-electron chi connectivity index (χ4n) is 5.11. The number of esters is 1. The van der Waals surface area contributed by atoms with Crippen molar-refractivity contribution in [1.29, 1.82) is 0 Å². The Morgan fingerprint density at radius 3 is 2.51 bits per heavy atom. The molecule has 1 fully saturated rings. The average molecular weight is 542 g/mol. The van der Waals surface area contributed by atoms with Crippen LogP contribution in [0.1, 0.15) is 37.4 Å². The van der Waals surface area contributed by atoms with Crippen LogP contribution in [0.15, 0.2) is 42.6 Å². The standard InChI is InChI=1S/C27H28FN3O8/c1-12(2)21-16(7-8-20(32)38-27-24(35)22(33)23(34)25(39-27)26(36)37)17-10-18-13(11-29-30-18)9-19(17)31(21)15-5-3-14(28)4-6-15/h3-6,9-12,22-25,27,33-35H,7-8H2,1-2H3,(H,29,30)(H,36,37)/t22-,23-,24+,25-,27?/m0/s1. The van der Waals surface area contributed by atoms with Crippen LogP contribution in [0.4, 0.5) is 4.39 Å². The molecule has 1 aliphatic rings. The number of rotatable bonds is 7. The van der Waals surface area contributed by atoms with Gasteiger partial charge in [0, 0.05) is 28.6 Å². The number of halogens is 1. The summed E-state index contributed by atoms with van der Waals surface area (Å²) in [6.07, 6.45) is -7.49. The van der Waals surface area contributed by atoms with Gasteiger partial charge in [-0.1, -0.05) is 13.8 Å². The lowest BCUT2D eigenvalue weighted by Crippen LogP contribution is -2.60. The lowest BCUT2D eigenvalue weighted by molar-refractivity contribution is -0.286. The Hall–Kier alpha value is -3.84. The van der Waals surface area contributed by atoms with E-state index in [0.717, 1.165) is 38.8 Å². The second-order valence-corrected chi connectivity index (χ2v) is 9.88. The van der Waals surface area contributed by atoms with E-state index in [9.17, 15) is 34.4 Å². The third-order valence-corrected chi connectivity index (χ3v) is 6.94. The molecule has 4 aromatic rings. The first-order chi connectivity index (χ1) is 18.6. The van der Waals surface area contributed by atoms with E-state index in [2.05, 4.69) is 10.2 Å². The van der Waals surface area contributed by atoms with Gasteiger partial charge in [0.15, 0.2) is 6.10 Å². The molecule has 206 valence electrons. The Morgan fingerprint density at radius 2 is 1.85 bits per heavy atom. The summed E-state index contributed by atoms with van der Waals surface area (Å²) in [5.41, 5.74) is 4.14. The van der Waals surface area contributed by atoms with Crippen molar-refractivity contribution >= 4 is 33.7 Å². The maximum Gasteiger partial charge on any atom is 0.335 e. The van der Waals surface area contributed by atoms with Gasteiger partial charge < -0.3 is 34.5 Å². The van der Waals surface area contributed by atoms with Crippen molar-refractivity contribution in [3.8, 4) is 5.69 Å². The van der Waals surface area contributed by atoms with Crippen molar-refractivity contribution in [1.82, 2.24) is 14.8 Å². The molecule has 0 saturated carbocycles. The van der Waals surface area contributed by atoms with Crippen molar-refractivity contribution in [2.24, 2.45) is 0 Å². The minimum absolute atomic E-state index is 0.00130. The molecule has 0 bridgehead atoms. The second kappa shape index (κ2) is 10.4. The molecule has 1 saturated heterocycles. The molecule has 39 heavy (non-hydrogen) atoms. The van der Waals surface area contributed by atoms with Crippen LogP contribution in [0.3, 0.4) is 0 Å². The summed E-state index contributed by atoms with van der Waals surface area (Å²) in [4.78, 5) is 24.2. The summed E-state index contributed by atoms with van der Waals surface area (Å²) in [7, 11) is 0. The number of benzene rings is 2. The fraction of sp³-hybridized carbons (Fsp3) is 0.370. The Balaban J connectivity index is 1.48. The summed E-state index contributed by atoms with van der Waals surface area (Å²) in [5.74, 6) is -2.74. The number of aryl methyl sites for hydroxylation is 1.